The van der Waals surface area contributed by atoms with Crippen molar-refractivity contribution in [2.45, 2.75) is 26.3 Å². The number of carbonyl (C=O) groups excluding carboxylic acids is 1. The van der Waals surface area contributed by atoms with E-state index in [0.717, 1.165) is 49.8 Å². The first kappa shape index (κ1) is 20.2. The molecule has 2 aromatic rings. The van der Waals surface area contributed by atoms with Gasteiger partial charge in [-0.3, -0.25) is 4.79 Å². The summed E-state index contributed by atoms with van der Waals surface area (Å²) in [5, 5.41) is 0. The Balaban J connectivity index is 1.48. The van der Waals surface area contributed by atoms with Crippen LogP contribution in [0.25, 0.3) is 0 Å². The number of hydrogen-bond donors (Lipinski definition) is 1. The van der Waals surface area contributed by atoms with Crippen LogP contribution < -0.4 is 14.4 Å². The van der Waals surface area contributed by atoms with Gasteiger partial charge >= 0.3 is 0 Å². The summed E-state index contributed by atoms with van der Waals surface area (Å²) in [4.78, 5) is 16.2. The van der Waals surface area contributed by atoms with Gasteiger partial charge in [0.1, 0.15) is 18.0 Å². The van der Waals surface area contributed by atoms with E-state index in [1.54, 1.807) is 19.1 Å². The molecule has 0 saturated carbocycles. The van der Waals surface area contributed by atoms with Crippen LogP contribution in [0.2, 0.25) is 0 Å². The van der Waals surface area contributed by atoms with E-state index in [-0.39, 0.29) is 5.91 Å². The first-order chi connectivity index (χ1) is 13.6. The molecule has 1 N–H and O–H groups in total. The summed E-state index contributed by atoms with van der Waals surface area (Å²) >= 11 is 0. The molecule has 1 amide bonds. The minimum Gasteiger partial charge on any atom is -0.497 e. The fraction of sp³-hybridized carbons (Fsp3) is 0.435. The number of nitrogens with one attached hydrogen (secondary N) is 1. The maximum absolute atomic E-state index is 12.7. The SMILES string of the molecule is COc1cc(CCC(=O)N2CC[NH+](Cc3ccccc3C)CC2)cc(OC)c1. The Morgan fingerprint density at radius 3 is 2.29 bits per heavy atom. The summed E-state index contributed by atoms with van der Waals surface area (Å²) in [7, 11) is 3.28. The molecule has 1 aliphatic heterocycles. The van der Waals surface area contributed by atoms with E-state index in [2.05, 4.69) is 31.2 Å². The largest absolute Gasteiger partial charge is 0.497 e. The fourth-order valence-electron chi connectivity index (χ4n) is 3.75. The summed E-state index contributed by atoms with van der Waals surface area (Å²) in [6, 6.07) is 14.4. The van der Waals surface area contributed by atoms with Gasteiger partial charge in [0.05, 0.1) is 40.4 Å². The number of methoxy groups -OCH3 is 2. The van der Waals surface area contributed by atoms with Crippen molar-refractivity contribution in [1.82, 2.24) is 4.90 Å². The lowest BCUT2D eigenvalue weighted by Crippen LogP contribution is -3.13. The second kappa shape index (κ2) is 9.60. The monoisotopic (exact) mass is 383 g/mol. The molecule has 0 radical (unpaired) electrons. The number of nitrogens with zero attached hydrogens (tertiary/aromatic N) is 1. The highest BCUT2D eigenvalue weighted by Crippen LogP contribution is 2.23. The van der Waals surface area contributed by atoms with Crippen molar-refractivity contribution in [2.75, 3.05) is 40.4 Å². The maximum Gasteiger partial charge on any atom is 0.223 e. The van der Waals surface area contributed by atoms with Gasteiger partial charge in [0, 0.05) is 18.1 Å². The number of rotatable bonds is 7. The number of hydrogen-bond acceptors (Lipinski definition) is 3. The smallest absolute Gasteiger partial charge is 0.223 e. The third kappa shape index (κ3) is 5.26. The predicted octanol–water partition coefficient (Wildman–Crippen LogP) is 1.87. The van der Waals surface area contributed by atoms with Crippen LogP contribution in [-0.2, 0) is 17.8 Å². The molecular weight excluding hydrogens is 352 g/mol. The zero-order valence-electron chi connectivity index (χ0n) is 17.2. The Bertz CT molecular complexity index is 776. The minimum atomic E-state index is 0.233. The molecule has 0 aliphatic carbocycles. The van der Waals surface area contributed by atoms with Gasteiger partial charge in [0.2, 0.25) is 5.91 Å². The van der Waals surface area contributed by atoms with Gasteiger partial charge in [0.15, 0.2) is 0 Å². The highest BCUT2D eigenvalue weighted by molar-refractivity contribution is 5.76. The number of quaternary nitrogens is 1. The van der Waals surface area contributed by atoms with E-state index in [1.807, 2.05) is 23.1 Å². The number of benzene rings is 2. The molecule has 0 spiro atoms. The van der Waals surface area contributed by atoms with Gasteiger partial charge in [-0.05, 0) is 36.6 Å². The summed E-state index contributed by atoms with van der Waals surface area (Å²) < 4.78 is 10.6. The van der Waals surface area contributed by atoms with Crippen molar-refractivity contribution in [2.24, 2.45) is 0 Å². The van der Waals surface area contributed by atoms with Crippen molar-refractivity contribution in [3.63, 3.8) is 0 Å². The molecule has 1 heterocycles. The standard InChI is InChI=1S/C23H30N2O3/c1-18-6-4-5-7-20(18)17-24-10-12-25(13-11-24)23(26)9-8-19-14-21(27-2)16-22(15-19)28-3/h4-7,14-16H,8-13,17H2,1-3H3/p+1. The van der Waals surface area contributed by atoms with Crippen LogP contribution in [0.4, 0.5) is 0 Å². The lowest BCUT2D eigenvalue weighted by atomic mass is 10.1. The van der Waals surface area contributed by atoms with Crippen molar-refractivity contribution in [1.29, 1.82) is 0 Å². The van der Waals surface area contributed by atoms with Crippen LogP contribution in [0.1, 0.15) is 23.1 Å². The Kier molecular flexibility index (Phi) is 6.93. The van der Waals surface area contributed by atoms with Crippen molar-refractivity contribution >= 4 is 5.91 Å². The molecule has 5 heteroatoms. The van der Waals surface area contributed by atoms with Gasteiger partial charge < -0.3 is 19.3 Å². The number of amides is 1. The van der Waals surface area contributed by atoms with Gasteiger partial charge in [-0.15, -0.1) is 0 Å². The number of ether oxygens (including phenoxy) is 2. The third-order valence-electron chi connectivity index (χ3n) is 5.56. The first-order valence-electron chi connectivity index (χ1n) is 9.97. The first-order valence-corrected chi connectivity index (χ1v) is 9.97. The average Bonchev–Trinajstić information content (AvgIpc) is 2.74. The Morgan fingerprint density at radius 2 is 1.68 bits per heavy atom. The second-order valence-electron chi connectivity index (χ2n) is 7.45. The molecule has 1 saturated heterocycles. The average molecular weight is 384 g/mol. The highest BCUT2D eigenvalue weighted by atomic mass is 16.5. The Morgan fingerprint density at radius 1 is 1.04 bits per heavy atom. The van der Waals surface area contributed by atoms with Crippen molar-refractivity contribution in [3.05, 3.63) is 59.2 Å². The van der Waals surface area contributed by atoms with Crippen LogP contribution >= 0.6 is 0 Å². The number of aryl methyl sites for hydroxylation is 2. The Labute approximate surface area is 167 Å². The molecule has 0 unspecified atom stereocenters. The summed E-state index contributed by atoms with van der Waals surface area (Å²) in [6.07, 6.45) is 1.21. The molecule has 5 nitrogen and oxygen atoms in total. The second-order valence-corrected chi connectivity index (χ2v) is 7.45. The zero-order chi connectivity index (χ0) is 19.9. The number of piperazine rings is 1. The highest BCUT2D eigenvalue weighted by Gasteiger charge is 2.23. The molecular formula is C23H31N2O3+. The van der Waals surface area contributed by atoms with Crippen molar-refractivity contribution < 1.29 is 19.2 Å². The summed E-state index contributed by atoms with van der Waals surface area (Å²) in [5.41, 5.74) is 3.82. The third-order valence-corrected chi connectivity index (χ3v) is 5.56. The van der Waals surface area contributed by atoms with Crippen LogP contribution in [0.5, 0.6) is 11.5 Å². The van der Waals surface area contributed by atoms with E-state index in [9.17, 15) is 4.79 Å². The lowest BCUT2D eigenvalue weighted by molar-refractivity contribution is -0.917. The molecule has 3 rings (SSSR count). The van der Waals surface area contributed by atoms with E-state index >= 15 is 0 Å². The molecule has 28 heavy (non-hydrogen) atoms. The van der Waals surface area contributed by atoms with E-state index in [1.165, 1.54) is 11.1 Å². The van der Waals surface area contributed by atoms with Crippen LogP contribution in [0.15, 0.2) is 42.5 Å². The molecule has 0 bridgehead atoms. The van der Waals surface area contributed by atoms with Crippen LogP contribution in [0, 0.1) is 6.92 Å². The molecule has 1 fully saturated rings. The molecule has 0 atom stereocenters. The predicted molar refractivity (Wildman–Crippen MR) is 110 cm³/mol. The topological polar surface area (TPSA) is 43.2 Å². The molecule has 1 aliphatic rings. The number of carbonyl (C=O) groups is 1. The van der Waals surface area contributed by atoms with E-state index < -0.39 is 0 Å². The lowest BCUT2D eigenvalue weighted by Gasteiger charge is -2.32. The fourth-order valence-corrected chi connectivity index (χ4v) is 3.75. The van der Waals surface area contributed by atoms with Gasteiger partial charge in [-0.2, -0.15) is 0 Å². The van der Waals surface area contributed by atoms with Gasteiger partial charge in [0.25, 0.3) is 0 Å². The normalized spacial score (nSPS) is 14.8. The van der Waals surface area contributed by atoms with Crippen molar-refractivity contribution in [3.8, 4) is 11.5 Å². The maximum atomic E-state index is 12.7. The molecule has 0 aromatic heterocycles. The van der Waals surface area contributed by atoms with E-state index in [0.29, 0.717) is 12.8 Å². The quantitative estimate of drug-likeness (QED) is 0.794. The Hall–Kier alpha value is -2.53. The van der Waals surface area contributed by atoms with Gasteiger partial charge in [-0.25, -0.2) is 0 Å². The van der Waals surface area contributed by atoms with Crippen LogP contribution in [0.3, 0.4) is 0 Å². The van der Waals surface area contributed by atoms with E-state index in [4.69, 9.17) is 9.47 Å². The summed E-state index contributed by atoms with van der Waals surface area (Å²) in [5.74, 6) is 1.75. The minimum absolute atomic E-state index is 0.233. The van der Waals surface area contributed by atoms with Gasteiger partial charge in [-0.1, -0.05) is 24.3 Å². The summed E-state index contributed by atoms with van der Waals surface area (Å²) in [6.45, 7) is 6.89. The zero-order valence-corrected chi connectivity index (χ0v) is 17.2. The molecule has 2 aromatic carbocycles. The van der Waals surface area contributed by atoms with Crippen LogP contribution in [-0.4, -0.2) is 51.2 Å². The molecule has 150 valence electrons.